The average molecular weight is 406 g/mol. The molecule has 1 heterocycles. The van der Waals surface area contributed by atoms with Gasteiger partial charge in [0.25, 0.3) is 10.0 Å². The van der Waals surface area contributed by atoms with Crippen molar-refractivity contribution >= 4 is 38.3 Å². The number of rotatable bonds is 3. The van der Waals surface area contributed by atoms with Gasteiger partial charge in [0.15, 0.2) is 0 Å². The van der Waals surface area contributed by atoms with Crippen LogP contribution in [0.3, 0.4) is 0 Å². The van der Waals surface area contributed by atoms with Gasteiger partial charge in [-0.3, -0.25) is 13.9 Å². The first-order chi connectivity index (χ1) is 12.8. The van der Waals surface area contributed by atoms with E-state index in [1.54, 1.807) is 38.4 Å². The minimum Gasteiger partial charge on any atom is -0.295 e. The highest BCUT2D eigenvalue weighted by molar-refractivity contribution is 7.92. The van der Waals surface area contributed by atoms with E-state index in [0.717, 1.165) is 31.2 Å². The molecular formula is C19H20ClN3O3S. The Labute approximate surface area is 162 Å². The Kier molecular flexibility index (Phi) is 4.31. The van der Waals surface area contributed by atoms with E-state index in [9.17, 15) is 13.2 Å². The minimum absolute atomic E-state index is 0.198. The van der Waals surface area contributed by atoms with Gasteiger partial charge in [-0.1, -0.05) is 17.7 Å². The van der Waals surface area contributed by atoms with Crippen molar-refractivity contribution in [3.05, 3.63) is 57.0 Å². The fourth-order valence-corrected chi connectivity index (χ4v) is 5.06. The molecule has 0 saturated heterocycles. The van der Waals surface area contributed by atoms with Crippen molar-refractivity contribution in [2.24, 2.45) is 14.1 Å². The number of sulfonamides is 1. The lowest BCUT2D eigenvalue weighted by molar-refractivity contribution is 0.600. The van der Waals surface area contributed by atoms with Crippen molar-refractivity contribution in [3.63, 3.8) is 0 Å². The molecule has 2 aromatic carbocycles. The number of hydrogen-bond donors (Lipinski definition) is 1. The van der Waals surface area contributed by atoms with Crippen molar-refractivity contribution in [1.82, 2.24) is 9.13 Å². The van der Waals surface area contributed by atoms with Crippen LogP contribution in [-0.4, -0.2) is 17.6 Å². The number of aryl methyl sites for hydroxylation is 4. The number of imidazole rings is 1. The lowest BCUT2D eigenvalue weighted by atomic mass is 9.92. The van der Waals surface area contributed by atoms with Gasteiger partial charge < -0.3 is 0 Å². The van der Waals surface area contributed by atoms with E-state index in [2.05, 4.69) is 4.72 Å². The summed E-state index contributed by atoms with van der Waals surface area (Å²) in [6, 6.07) is 8.48. The first-order valence-corrected chi connectivity index (χ1v) is 10.6. The zero-order valence-electron chi connectivity index (χ0n) is 15.1. The van der Waals surface area contributed by atoms with E-state index < -0.39 is 10.0 Å². The standard InChI is InChI=1S/C19H20ClN3O3S/c1-22-17-10-15(20)16(11-18(17)23(2)19(22)24)21-27(25,26)14-8-7-12-5-3-4-6-13(12)9-14/h7-11,21H,3-6H2,1-2H3. The Morgan fingerprint density at radius 2 is 1.59 bits per heavy atom. The molecule has 0 unspecified atom stereocenters. The van der Waals surface area contributed by atoms with Crippen molar-refractivity contribution in [2.75, 3.05) is 4.72 Å². The fourth-order valence-electron chi connectivity index (χ4n) is 3.68. The molecule has 4 rings (SSSR count). The van der Waals surface area contributed by atoms with E-state index in [0.29, 0.717) is 11.0 Å². The van der Waals surface area contributed by atoms with Gasteiger partial charge in [-0.25, -0.2) is 13.2 Å². The third kappa shape index (κ3) is 3.04. The quantitative estimate of drug-likeness (QED) is 0.727. The van der Waals surface area contributed by atoms with Crippen LogP contribution in [0.15, 0.2) is 40.0 Å². The van der Waals surface area contributed by atoms with Gasteiger partial charge in [-0.15, -0.1) is 0 Å². The second kappa shape index (κ2) is 6.42. The third-order valence-corrected chi connectivity index (χ3v) is 6.91. The van der Waals surface area contributed by atoms with Gasteiger partial charge in [-0.05, 0) is 61.1 Å². The van der Waals surface area contributed by atoms with Crippen molar-refractivity contribution in [3.8, 4) is 0 Å². The van der Waals surface area contributed by atoms with Crippen LogP contribution < -0.4 is 10.4 Å². The molecule has 0 fully saturated rings. The lowest BCUT2D eigenvalue weighted by Crippen LogP contribution is -2.19. The predicted octanol–water partition coefficient (Wildman–Crippen LogP) is 3.21. The summed E-state index contributed by atoms with van der Waals surface area (Å²) in [6.45, 7) is 0. The topological polar surface area (TPSA) is 73.1 Å². The molecule has 0 saturated carbocycles. The molecule has 3 aromatic rings. The summed E-state index contributed by atoms with van der Waals surface area (Å²) in [7, 11) is -0.493. The Bertz CT molecular complexity index is 1230. The molecule has 0 aliphatic heterocycles. The molecule has 1 aliphatic rings. The summed E-state index contributed by atoms with van der Waals surface area (Å²) in [5, 5.41) is 0.241. The largest absolute Gasteiger partial charge is 0.328 e. The number of aromatic nitrogens is 2. The van der Waals surface area contributed by atoms with Crippen molar-refractivity contribution in [2.45, 2.75) is 30.6 Å². The maximum absolute atomic E-state index is 12.9. The summed E-state index contributed by atoms with van der Waals surface area (Å²) in [6.07, 6.45) is 4.11. The van der Waals surface area contributed by atoms with Crippen LogP contribution in [0, 0.1) is 0 Å². The molecule has 1 aromatic heterocycles. The molecule has 1 aliphatic carbocycles. The summed E-state index contributed by atoms with van der Waals surface area (Å²) < 4.78 is 31.3. The van der Waals surface area contributed by atoms with Crippen LogP contribution in [-0.2, 0) is 37.0 Å². The third-order valence-electron chi connectivity index (χ3n) is 5.24. The molecule has 0 spiro atoms. The highest BCUT2D eigenvalue weighted by Gasteiger charge is 2.20. The van der Waals surface area contributed by atoms with E-state index in [1.165, 1.54) is 14.7 Å². The number of benzene rings is 2. The number of nitrogens with zero attached hydrogens (tertiary/aromatic N) is 2. The van der Waals surface area contributed by atoms with E-state index in [4.69, 9.17) is 11.6 Å². The first-order valence-electron chi connectivity index (χ1n) is 8.77. The number of fused-ring (bicyclic) bond motifs is 2. The van der Waals surface area contributed by atoms with Gasteiger partial charge in [0.2, 0.25) is 0 Å². The Hall–Kier alpha value is -2.25. The van der Waals surface area contributed by atoms with Gasteiger partial charge >= 0.3 is 5.69 Å². The van der Waals surface area contributed by atoms with Crippen LogP contribution in [0.4, 0.5) is 5.69 Å². The molecule has 0 bridgehead atoms. The highest BCUT2D eigenvalue weighted by atomic mass is 35.5. The van der Waals surface area contributed by atoms with Gasteiger partial charge in [0, 0.05) is 14.1 Å². The fraction of sp³-hybridized carbons (Fsp3) is 0.316. The Morgan fingerprint density at radius 1 is 0.963 bits per heavy atom. The van der Waals surface area contributed by atoms with E-state index >= 15 is 0 Å². The molecule has 142 valence electrons. The molecule has 0 radical (unpaired) electrons. The second-order valence-corrected chi connectivity index (χ2v) is 9.05. The Morgan fingerprint density at radius 3 is 2.30 bits per heavy atom. The number of hydrogen-bond acceptors (Lipinski definition) is 3. The van der Waals surface area contributed by atoms with E-state index in [-0.39, 0.29) is 21.3 Å². The number of anilines is 1. The van der Waals surface area contributed by atoms with Crippen LogP contribution in [0.1, 0.15) is 24.0 Å². The van der Waals surface area contributed by atoms with Crippen LogP contribution in [0.5, 0.6) is 0 Å². The Balaban J connectivity index is 1.76. The zero-order valence-corrected chi connectivity index (χ0v) is 16.7. The normalized spacial score (nSPS) is 14.3. The monoisotopic (exact) mass is 405 g/mol. The van der Waals surface area contributed by atoms with Crippen LogP contribution in [0.2, 0.25) is 5.02 Å². The summed E-state index contributed by atoms with van der Waals surface area (Å²) in [5.74, 6) is 0. The molecule has 8 heteroatoms. The molecule has 1 N–H and O–H groups in total. The molecular weight excluding hydrogens is 386 g/mol. The molecule has 0 atom stereocenters. The second-order valence-electron chi connectivity index (χ2n) is 6.96. The SMILES string of the molecule is Cn1c(=O)n(C)c2cc(NS(=O)(=O)c3ccc4c(c3)CCCC4)c(Cl)cc21. The number of nitrogens with one attached hydrogen (secondary N) is 1. The van der Waals surface area contributed by atoms with Crippen LogP contribution in [0.25, 0.3) is 11.0 Å². The average Bonchev–Trinajstić information content (AvgIpc) is 2.85. The first kappa shape index (κ1) is 18.1. The minimum atomic E-state index is -3.78. The summed E-state index contributed by atoms with van der Waals surface area (Å²) in [4.78, 5) is 12.3. The highest BCUT2D eigenvalue weighted by Crippen LogP contribution is 2.30. The maximum Gasteiger partial charge on any atom is 0.328 e. The van der Waals surface area contributed by atoms with Gasteiger partial charge in [0.05, 0.1) is 26.6 Å². The predicted molar refractivity (Wildman–Crippen MR) is 107 cm³/mol. The molecule has 27 heavy (non-hydrogen) atoms. The van der Waals surface area contributed by atoms with Crippen molar-refractivity contribution in [1.29, 1.82) is 0 Å². The maximum atomic E-state index is 12.9. The van der Waals surface area contributed by atoms with Crippen LogP contribution >= 0.6 is 11.6 Å². The zero-order chi connectivity index (χ0) is 19.3. The summed E-state index contributed by atoms with van der Waals surface area (Å²) in [5.41, 5.74) is 3.62. The van der Waals surface area contributed by atoms with E-state index in [1.807, 2.05) is 6.07 Å². The summed E-state index contributed by atoms with van der Waals surface area (Å²) >= 11 is 6.29. The molecule has 0 amide bonds. The van der Waals surface area contributed by atoms with Gasteiger partial charge in [0.1, 0.15) is 0 Å². The smallest absolute Gasteiger partial charge is 0.295 e. The lowest BCUT2D eigenvalue weighted by Gasteiger charge is -2.17. The number of halogens is 1. The van der Waals surface area contributed by atoms with Gasteiger partial charge in [-0.2, -0.15) is 0 Å². The molecule has 6 nitrogen and oxygen atoms in total. The van der Waals surface area contributed by atoms with Crippen molar-refractivity contribution < 1.29 is 8.42 Å².